The van der Waals surface area contributed by atoms with E-state index in [1.165, 1.54) is 10.9 Å². The zero-order chi connectivity index (χ0) is 17.5. The zero-order valence-electron chi connectivity index (χ0n) is 12.6. The van der Waals surface area contributed by atoms with Crippen molar-refractivity contribution in [1.29, 1.82) is 5.41 Å². The van der Waals surface area contributed by atoms with Crippen LogP contribution in [0.2, 0.25) is 0 Å². The molecule has 0 aliphatic carbocycles. The number of imidazole rings is 1. The van der Waals surface area contributed by atoms with Crippen molar-refractivity contribution < 1.29 is 23.6 Å². The lowest BCUT2D eigenvalue weighted by Crippen LogP contribution is -2.17. The van der Waals surface area contributed by atoms with Crippen LogP contribution in [0, 0.1) is 5.41 Å². The molecule has 1 aliphatic rings. The van der Waals surface area contributed by atoms with Crippen molar-refractivity contribution in [1.82, 2.24) is 19.5 Å². The lowest BCUT2D eigenvalue weighted by Gasteiger charge is -2.15. The highest BCUT2D eigenvalue weighted by atomic mass is 31.2. The van der Waals surface area contributed by atoms with Crippen molar-refractivity contribution in [2.45, 2.75) is 18.8 Å². The summed E-state index contributed by atoms with van der Waals surface area (Å²) in [4.78, 5) is 29.9. The number of hydrogen-bond donors (Lipinski definition) is 5. The van der Waals surface area contributed by atoms with Crippen LogP contribution in [-0.2, 0) is 13.8 Å². The lowest BCUT2D eigenvalue weighted by molar-refractivity contribution is -0.00863. The van der Waals surface area contributed by atoms with Gasteiger partial charge in [-0.3, -0.25) is 9.09 Å². The largest absolute Gasteiger partial charge is 0.469 e. The van der Waals surface area contributed by atoms with E-state index in [0.717, 1.165) is 0 Å². The summed E-state index contributed by atoms with van der Waals surface area (Å²) < 4.78 is 22.4. The summed E-state index contributed by atoms with van der Waals surface area (Å²) in [7, 11) is -2.92. The fourth-order valence-corrected chi connectivity index (χ4v) is 2.81. The molecule has 6 N–H and O–H groups in total. The van der Waals surface area contributed by atoms with Gasteiger partial charge < -0.3 is 31.0 Å². The Balaban J connectivity index is 1.87. The standard InChI is InChI=1S/C11H16N7O5P/c1-14-8-7-9(17-11(13)16-8)18(4-15-7)10-6(12)2-5(23-10)3-22-24(19,20)21/h4-5,10,12H,2-3H2,1H3,(H2,19,20,21)(H3,13,14,16,17)/t5-,10+/m0/s1. The summed E-state index contributed by atoms with van der Waals surface area (Å²) in [5.41, 5.74) is 6.74. The second kappa shape index (κ2) is 6.07. The third-order valence-electron chi connectivity index (χ3n) is 3.42. The number of nitrogens with two attached hydrogens (primary N) is 1. The van der Waals surface area contributed by atoms with Gasteiger partial charge >= 0.3 is 7.82 Å². The Morgan fingerprint density at radius 3 is 3.00 bits per heavy atom. The molecule has 12 nitrogen and oxygen atoms in total. The van der Waals surface area contributed by atoms with E-state index in [4.69, 9.17) is 25.7 Å². The van der Waals surface area contributed by atoms with Gasteiger partial charge in [-0.15, -0.1) is 0 Å². The van der Waals surface area contributed by atoms with Gasteiger partial charge in [0.15, 0.2) is 23.2 Å². The minimum absolute atomic E-state index is 0.0412. The molecule has 2 atom stereocenters. The number of nitrogens with zero attached hydrogens (tertiary/aromatic N) is 4. The number of rotatable bonds is 5. The van der Waals surface area contributed by atoms with Gasteiger partial charge in [-0.25, -0.2) is 9.55 Å². The third-order valence-corrected chi connectivity index (χ3v) is 3.91. The van der Waals surface area contributed by atoms with Crippen molar-refractivity contribution in [2.75, 3.05) is 24.7 Å². The molecule has 1 aliphatic heterocycles. The van der Waals surface area contributed by atoms with Gasteiger partial charge in [-0.2, -0.15) is 9.97 Å². The molecular formula is C11H16N7O5P. The number of nitrogens with one attached hydrogen (secondary N) is 2. The number of phosphoric ester groups is 1. The predicted octanol–water partition coefficient (Wildman–Crippen LogP) is -0.133. The molecular weight excluding hydrogens is 341 g/mol. The molecule has 1 fully saturated rings. The van der Waals surface area contributed by atoms with E-state index >= 15 is 0 Å². The van der Waals surface area contributed by atoms with Crippen molar-refractivity contribution in [3.63, 3.8) is 0 Å². The third kappa shape index (κ3) is 3.23. The lowest BCUT2D eigenvalue weighted by atomic mass is 10.2. The van der Waals surface area contributed by atoms with E-state index in [-0.39, 0.29) is 24.7 Å². The van der Waals surface area contributed by atoms with Crippen molar-refractivity contribution in [3.05, 3.63) is 6.33 Å². The second-order valence-corrected chi connectivity index (χ2v) is 6.37. The quantitative estimate of drug-likeness (QED) is 0.452. The smallest absolute Gasteiger partial charge is 0.371 e. The molecule has 2 aromatic heterocycles. The molecule has 0 amide bonds. The molecule has 0 unspecified atom stereocenters. The van der Waals surface area contributed by atoms with E-state index < -0.39 is 20.2 Å². The summed E-state index contributed by atoms with van der Waals surface area (Å²) in [6.07, 6.45) is 0.157. The fourth-order valence-electron chi connectivity index (χ4n) is 2.45. The molecule has 24 heavy (non-hydrogen) atoms. The van der Waals surface area contributed by atoms with Crippen LogP contribution in [0.4, 0.5) is 11.8 Å². The van der Waals surface area contributed by atoms with Crippen LogP contribution in [0.1, 0.15) is 12.6 Å². The minimum atomic E-state index is -4.59. The fraction of sp³-hybridized carbons (Fsp3) is 0.455. The molecule has 130 valence electrons. The average molecular weight is 357 g/mol. The first-order valence-corrected chi connectivity index (χ1v) is 8.42. The molecule has 0 radical (unpaired) electrons. The molecule has 2 aromatic rings. The van der Waals surface area contributed by atoms with Gasteiger partial charge in [-0.1, -0.05) is 0 Å². The van der Waals surface area contributed by atoms with Crippen molar-refractivity contribution in [3.8, 4) is 0 Å². The molecule has 3 rings (SSSR count). The van der Waals surface area contributed by atoms with Crippen molar-refractivity contribution >= 4 is 36.5 Å². The maximum atomic E-state index is 10.8. The highest BCUT2D eigenvalue weighted by Crippen LogP contribution is 2.38. The number of ether oxygens (including phenoxy) is 1. The Hall–Kier alpha value is -2.11. The average Bonchev–Trinajstić information content (AvgIpc) is 3.06. The van der Waals surface area contributed by atoms with E-state index in [9.17, 15) is 4.57 Å². The Labute approximate surface area is 135 Å². The van der Waals surface area contributed by atoms with Crippen LogP contribution in [0.15, 0.2) is 6.33 Å². The predicted molar refractivity (Wildman–Crippen MR) is 83.5 cm³/mol. The van der Waals surface area contributed by atoms with Crippen LogP contribution in [0.3, 0.4) is 0 Å². The van der Waals surface area contributed by atoms with Gasteiger partial charge in [0.2, 0.25) is 5.95 Å². The molecule has 0 aromatic carbocycles. The normalized spacial score (nSPS) is 21.5. The Morgan fingerprint density at radius 1 is 1.58 bits per heavy atom. The summed E-state index contributed by atoms with van der Waals surface area (Å²) in [5.74, 6) is 0.488. The number of aromatic nitrogens is 4. The molecule has 3 heterocycles. The van der Waals surface area contributed by atoms with E-state index in [2.05, 4.69) is 24.8 Å². The SMILES string of the molecule is CNc1nc(N)nc2c1ncn2[C@@H]1O[C@H](COP(=O)(O)O)CC1=N. The van der Waals surface area contributed by atoms with Crippen molar-refractivity contribution in [2.24, 2.45) is 0 Å². The second-order valence-electron chi connectivity index (χ2n) is 5.13. The number of phosphoric acid groups is 1. The molecule has 0 bridgehead atoms. The Kier molecular flexibility index (Phi) is 4.24. The first-order chi connectivity index (χ1) is 11.3. The maximum absolute atomic E-state index is 10.8. The Morgan fingerprint density at radius 2 is 2.33 bits per heavy atom. The zero-order valence-corrected chi connectivity index (χ0v) is 13.5. The van der Waals surface area contributed by atoms with E-state index in [1.54, 1.807) is 7.05 Å². The van der Waals surface area contributed by atoms with Crippen LogP contribution in [0.5, 0.6) is 0 Å². The molecule has 1 saturated heterocycles. The highest BCUT2D eigenvalue weighted by Gasteiger charge is 2.34. The highest BCUT2D eigenvalue weighted by molar-refractivity contribution is 7.46. The maximum Gasteiger partial charge on any atom is 0.469 e. The van der Waals surface area contributed by atoms with Crippen LogP contribution in [0.25, 0.3) is 11.2 Å². The van der Waals surface area contributed by atoms with E-state index in [1.807, 2.05) is 0 Å². The van der Waals surface area contributed by atoms with Gasteiger partial charge in [0, 0.05) is 13.5 Å². The van der Waals surface area contributed by atoms with Gasteiger partial charge in [0.05, 0.1) is 24.7 Å². The first kappa shape index (κ1) is 16.7. The monoisotopic (exact) mass is 357 g/mol. The van der Waals surface area contributed by atoms with Gasteiger partial charge in [-0.05, 0) is 0 Å². The first-order valence-electron chi connectivity index (χ1n) is 6.89. The molecule has 0 spiro atoms. The summed E-state index contributed by atoms with van der Waals surface area (Å²) >= 11 is 0. The number of fused-ring (bicyclic) bond motifs is 1. The van der Waals surface area contributed by atoms with Crippen LogP contribution < -0.4 is 11.1 Å². The number of nitrogen functional groups attached to an aromatic ring is 1. The van der Waals surface area contributed by atoms with Gasteiger partial charge in [0.25, 0.3) is 0 Å². The van der Waals surface area contributed by atoms with E-state index in [0.29, 0.717) is 17.0 Å². The Bertz CT molecular complexity index is 834. The molecule has 13 heteroatoms. The minimum Gasteiger partial charge on any atom is -0.371 e. The topological polar surface area (TPSA) is 181 Å². The molecule has 0 saturated carbocycles. The number of hydrogen-bond acceptors (Lipinski definition) is 9. The van der Waals surface area contributed by atoms with Crippen LogP contribution >= 0.6 is 7.82 Å². The van der Waals surface area contributed by atoms with Gasteiger partial charge in [0.1, 0.15) is 0 Å². The van der Waals surface area contributed by atoms with Crippen LogP contribution in [-0.4, -0.2) is 54.8 Å². The number of anilines is 2. The summed E-state index contributed by atoms with van der Waals surface area (Å²) in [6.45, 7) is -0.325. The summed E-state index contributed by atoms with van der Waals surface area (Å²) in [6, 6.07) is 0. The summed E-state index contributed by atoms with van der Waals surface area (Å²) in [5, 5.41) is 10.9.